The molecule has 3 amide bonds. The number of carbonyl (C=O) groups excluding carboxylic acids is 2. The van der Waals surface area contributed by atoms with E-state index in [1.807, 2.05) is 13.0 Å². The second kappa shape index (κ2) is 6.01. The largest absolute Gasteiger partial charge is 0.354 e. The van der Waals surface area contributed by atoms with E-state index in [0.29, 0.717) is 12.3 Å². The Hall–Kier alpha value is -2.22. The maximum atomic E-state index is 11.5. The molecule has 8 heteroatoms. The Morgan fingerprint density at radius 3 is 2.54 bits per heavy atom. The third-order valence-electron chi connectivity index (χ3n) is 4.81. The molecule has 1 aromatic rings. The van der Waals surface area contributed by atoms with Gasteiger partial charge in [0.05, 0.1) is 12.6 Å². The number of nitrogens with zero attached hydrogens (tertiary/aromatic N) is 4. The van der Waals surface area contributed by atoms with Crippen LogP contribution in [-0.4, -0.2) is 59.2 Å². The predicted molar refractivity (Wildman–Crippen MR) is 87.6 cm³/mol. The molecule has 1 saturated carbocycles. The number of nitrogens with one attached hydrogen (secondary N) is 2. The van der Waals surface area contributed by atoms with Crippen LogP contribution in [0.25, 0.3) is 0 Å². The van der Waals surface area contributed by atoms with E-state index in [1.165, 1.54) is 12.8 Å². The highest BCUT2D eigenvalue weighted by atomic mass is 16.2. The van der Waals surface area contributed by atoms with Crippen molar-refractivity contribution in [2.24, 2.45) is 0 Å². The minimum Gasteiger partial charge on any atom is -0.354 e. The molecule has 0 aromatic carbocycles. The predicted octanol–water partition coefficient (Wildman–Crippen LogP) is 0.340. The topological polar surface area (TPSA) is 90.5 Å². The second-order valence-electron chi connectivity index (χ2n) is 6.76. The summed E-state index contributed by atoms with van der Waals surface area (Å²) in [6, 6.07) is 1.64. The Kier molecular flexibility index (Phi) is 3.84. The number of hydrogen-bond acceptors (Lipinski definition) is 6. The highest BCUT2D eigenvalue weighted by Gasteiger charge is 2.32. The molecular weight excluding hydrogens is 308 g/mol. The summed E-state index contributed by atoms with van der Waals surface area (Å²) in [4.78, 5) is 36.7. The summed E-state index contributed by atoms with van der Waals surface area (Å²) >= 11 is 0. The first-order chi connectivity index (χ1) is 11.6. The zero-order valence-corrected chi connectivity index (χ0v) is 13.8. The number of hydrogen-bond donors (Lipinski definition) is 2. The molecular formula is C16H22N6O2. The van der Waals surface area contributed by atoms with Gasteiger partial charge in [-0.1, -0.05) is 0 Å². The Morgan fingerprint density at radius 2 is 1.88 bits per heavy atom. The summed E-state index contributed by atoms with van der Waals surface area (Å²) in [6.07, 6.45) is 2.49. The maximum absolute atomic E-state index is 11.5. The standard InChI is InChI=1S/C16H22N6O2/c1-10-8-12(18-15(17-10)11-2-3-11)21-4-6-22(7-5-21)13-9-14(23)20-16(24)19-13/h8,11,13H,2-7,9H2,1H3,(H2,19,20,23,24). The van der Waals surface area contributed by atoms with Gasteiger partial charge >= 0.3 is 6.03 Å². The summed E-state index contributed by atoms with van der Waals surface area (Å²) in [5.74, 6) is 2.30. The fraction of sp³-hybridized carbons (Fsp3) is 0.625. The lowest BCUT2D eigenvalue weighted by Crippen LogP contribution is -2.62. The molecule has 1 aromatic heterocycles. The first kappa shape index (κ1) is 15.3. The van der Waals surface area contributed by atoms with Gasteiger partial charge in [-0.25, -0.2) is 14.8 Å². The average Bonchev–Trinajstić information content (AvgIpc) is 3.38. The average molecular weight is 330 g/mol. The van der Waals surface area contributed by atoms with Gasteiger partial charge in [0.2, 0.25) is 5.91 Å². The van der Waals surface area contributed by atoms with Crippen LogP contribution in [0.4, 0.5) is 10.6 Å². The zero-order valence-electron chi connectivity index (χ0n) is 13.8. The normalized spacial score (nSPS) is 25.4. The number of anilines is 1. The van der Waals surface area contributed by atoms with Gasteiger partial charge in [-0.05, 0) is 19.8 Å². The van der Waals surface area contributed by atoms with E-state index in [2.05, 4.69) is 25.4 Å². The molecule has 1 unspecified atom stereocenters. The molecule has 3 fully saturated rings. The van der Waals surface area contributed by atoms with Crippen molar-refractivity contribution in [3.63, 3.8) is 0 Å². The van der Waals surface area contributed by atoms with Crippen LogP contribution in [0.15, 0.2) is 6.07 Å². The van der Waals surface area contributed by atoms with E-state index in [-0.39, 0.29) is 12.1 Å². The molecule has 0 radical (unpaired) electrons. The van der Waals surface area contributed by atoms with Gasteiger partial charge in [0.1, 0.15) is 11.6 Å². The first-order valence-corrected chi connectivity index (χ1v) is 8.53. The van der Waals surface area contributed by atoms with Crippen LogP contribution in [-0.2, 0) is 4.79 Å². The Balaban J connectivity index is 1.41. The minimum absolute atomic E-state index is 0.206. The number of aryl methyl sites for hydroxylation is 1. The molecule has 2 N–H and O–H groups in total. The highest BCUT2D eigenvalue weighted by molar-refractivity contribution is 5.97. The lowest BCUT2D eigenvalue weighted by atomic mass is 10.2. The third kappa shape index (κ3) is 3.19. The van der Waals surface area contributed by atoms with Gasteiger partial charge < -0.3 is 10.2 Å². The van der Waals surface area contributed by atoms with Gasteiger partial charge in [-0.3, -0.25) is 15.0 Å². The van der Waals surface area contributed by atoms with Crippen LogP contribution in [0.1, 0.15) is 36.7 Å². The van der Waals surface area contributed by atoms with Crippen LogP contribution in [0.2, 0.25) is 0 Å². The van der Waals surface area contributed by atoms with Gasteiger partial charge in [-0.2, -0.15) is 0 Å². The Morgan fingerprint density at radius 1 is 1.12 bits per heavy atom. The van der Waals surface area contributed by atoms with Gasteiger partial charge in [-0.15, -0.1) is 0 Å². The van der Waals surface area contributed by atoms with E-state index >= 15 is 0 Å². The van der Waals surface area contributed by atoms with Crippen molar-refractivity contribution in [2.45, 2.75) is 38.3 Å². The van der Waals surface area contributed by atoms with Gasteiger partial charge in [0, 0.05) is 43.9 Å². The summed E-state index contributed by atoms with van der Waals surface area (Å²) in [7, 11) is 0. The molecule has 24 heavy (non-hydrogen) atoms. The lowest BCUT2D eigenvalue weighted by Gasteiger charge is -2.40. The van der Waals surface area contributed by atoms with Crippen molar-refractivity contribution in [3.8, 4) is 0 Å². The zero-order chi connectivity index (χ0) is 16.7. The molecule has 2 aliphatic heterocycles. The number of amides is 3. The van der Waals surface area contributed by atoms with Gasteiger partial charge in [0.15, 0.2) is 0 Å². The Labute approximate surface area is 140 Å². The van der Waals surface area contributed by atoms with Crippen molar-refractivity contribution in [1.29, 1.82) is 0 Å². The smallest absolute Gasteiger partial charge is 0.322 e. The molecule has 4 rings (SSSR count). The molecule has 0 spiro atoms. The van der Waals surface area contributed by atoms with Crippen LogP contribution in [0.3, 0.4) is 0 Å². The Bertz CT molecular complexity index is 651. The minimum atomic E-state index is -0.404. The molecule has 0 bridgehead atoms. The molecule has 8 nitrogen and oxygen atoms in total. The van der Waals surface area contributed by atoms with Crippen molar-refractivity contribution in [3.05, 3.63) is 17.6 Å². The number of urea groups is 1. The molecule has 3 heterocycles. The summed E-state index contributed by atoms with van der Waals surface area (Å²) < 4.78 is 0. The van der Waals surface area contributed by atoms with Crippen molar-refractivity contribution >= 4 is 17.8 Å². The number of rotatable bonds is 3. The molecule has 128 valence electrons. The molecule has 1 atom stereocenters. The quantitative estimate of drug-likeness (QED) is 0.831. The SMILES string of the molecule is Cc1cc(N2CCN(C3CC(=O)NC(=O)N3)CC2)nc(C2CC2)n1. The number of carbonyl (C=O) groups is 2. The van der Waals surface area contributed by atoms with Crippen molar-refractivity contribution in [2.75, 3.05) is 31.1 Å². The fourth-order valence-corrected chi connectivity index (χ4v) is 3.34. The van der Waals surface area contributed by atoms with E-state index in [4.69, 9.17) is 4.98 Å². The highest BCUT2D eigenvalue weighted by Crippen LogP contribution is 2.38. The third-order valence-corrected chi connectivity index (χ3v) is 4.81. The van der Waals surface area contributed by atoms with E-state index in [0.717, 1.165) is 43.5 Å². The van der Waals surface area contributed by atoms with E-state index < -0.39 is 6.03 Å². The number of piperazine rings is 1. The van der Waals surface area contributed by atoms with Crippen LogP contribution >= 0.6 is 0 Å². The number of imide groups is 1. The van der Waals surface area contributed by atoms with Crippen LogP contribution in [0, 0.1) is 6.92 Å². The van der Waals surface area contributed by atoms with Crippen molar-refractivity contribution in [1.82, 2.24) is 25.5 Å². The van der Waals surface area contributed by atoms with Crippen molar-refractivity contribution < 1.29 is 9.59 Å². The first-order valence-electron chi connectivity index (χ1n) is 8.53. The maximum Gasteiger partial charge on any atom is 0.322 e. The fourth-order valence-electron chi connectivity index (χ4n) is 3.34. The van der Waals surface area contributed by atoms with Gasteiger partial charge in [0.25, 0.3) is 0 Å². The summed E-state index contributed by atoms with van der Waals surface area (Å²) in [5, 5.41) is 5.09. The van der Waals surface area contributed by atoms with Crippen LogP contribution in [0.5, 0.6) is 0 Å². The summed E-state index contributed by atoms with van der Waals surface area (Å²) in [6.45, 7) is 5.26. The molecule has 1 aliphatic carbocycles. The molecule has 3 aliphatic rings. The lowest BCUT2D eigenvalue weighted by molar-refractivity contribution is -0.122. The number of aromatic nitrogens is 2. The second-order valence-corrected chi connectivity index (χ2v) is 6.76. The summed E-state index contributed by atoms with van der Waals surface area (Å²) in [5.41, 5.74) is 1.01. The monoisotopic (exact) mass is 330 g/mol. The molecule has 2 saturated heterocycles. The van der Waals surface area contributed by atoms with Crippen LogP contribution < -0.4 is 15.5 Å². The van der Waals surface area contributed by atoms with E-state index in [1.54, 1.807) is 0 Å². The van der Waals surface area contributed by atoms with E-state index in [9.17, 15) is 9.59 Å².